The van der Waals surface area contributed by atoms with Crippen molar-refractivity contribution in [3.05, 3.63) is 52.2 Å². The van der Waals surface area contributed by atoms with E-state index in [1.807, 2.05) is 49.8 Å². The molecule has 6 heteroatoms. The Morgan fingerprint density at radius 2 is 1.88 bits per heavy atom. The molecule has 0 aliphatic heterocycles. The molecular formula is C19H24N2O3S. The van der Waals surface area contributed by atoms with E-state index in [1.165, 1.54) is 11.3 Å². The first-order chi connectivity index (χ1) is 12.0. The summed E-state index contributed by atoms with van der Waals surface area (Å²) >= 11 is 1.41. The van der Waals surface area contributed by atoms with E-state index in [4.69, 9.17) is 4.74 Å². The van der Waals surface area contributed by atoms with E-state index in [-0.39, 0.29) is 30.6 Å². The molecule has 0 unspecified atom stereocenters. The number of methoxy groups -OCH3 is 1. The second kappa shape index (κ2) is 9.34. The van der Waals surface area contributed by atoms with Crippen LogP contribution in [0.5, 0.6) is 5.75 Å². The van der Waals surface area contributed by atoms with Crippen LogP contribution in [0.3, 0.4) is 0 Å². The van der Waals surface area contributed by atoms with Gasteiger partial charge in [-0.25, -0.2) is 0 Å². The van der Waals surface area contributed by atoms with Crippen molar-refractivity contribution in [2.24, 2.45) is 0 Å². The van der Waals surface area contributed by atoms with Gasteiger partial charge in [-0.15, -0.1) is 11.3 Å². The summed E-state index contributed by atoms with van der Waals surface area (Å²) in [4.78, 5) is 26.8. The van der Waals surface area contributed by atoms with E-state index in [0.717, 1.165) is 11.3 Å². The van der Waals surface area contributed by atoms with Gasteiger partial charge < -0.3 is 15.0 Å². The lowest BCUT2D eigenvalue weighted by Crippen LogP contribution is -2.34. The van der Waals surface area contributed by atoms with Gasteiger partial charge >= 0.3 is 0 Å². The number of nitrogens with one attached hydrogen (secondary N) is 1. The third-order valence-corrected chi connectivity index (χ3v) is 4.90. The van der Waals surface area contributed by atoms with Crippen LogP contribution < -0.4 is 10.1 Å². The largest absolute Gasteiger partial charge is 0.497 e. The van der Waals surface area contributed by atoms with Gasteiger partial charge in [-0.3, -0.25) is 9.59 Å². The van der Waals surface area contributed by atoms with Crippen LogP contribution in [0.25, 0.3) is 0 Å². The number of hydrogen-bond donors (Lipinski definition) is 1. The highest BCUT2D eigenvalue weighted by molar-refractivity contribution is 7.12. The van der Waals surface area contributed by atoms with Crippen LogP contribution in [0.2, 0.25) is 0 Å². The predicted octanol–water partition coefficient (Wildman–Crippen LogP) is 3.14. The summed E-state index contributed by atoms with van der Waals surface area (Å²) in [6, 6.07) is 11.5. The van der Waals surface area contributed by atoms with E-state index >= 15 is 0 Å². The maximum atomic E-state index is 12.1. The number of carbonyl (C=O) groups is 2. The van der Waals surface area contributed by atoms with E-state index in [0.29, 0.717) is 11.4 Å². The van der Waals surface area contributed by atoms with Crippen molar-refractivity contribution in [2.75, 3.05) is 27.7 Å². The van der Waals surface area contributed by atoms with Crippen molar-refractivity contribution < 1.29 is 14.3 Å². The van der Waals surface area contributed by atoms with E-state index in [9.17, 15) is 9.59 Å². The average Bonchev–Trinajstić information content (AvgIpc) is 3.15. The first-order valence-electron chi connectivity index (χ1n) is 8.15. The standard InChI is InChI=1S/C19H24N2O3S/c1-21(2)16(14-6-8-15(24-3)9-7-14)13-20-19(23)11-10-17(22)18-5-4-12-25-18/h4-9,12,16H,10-11,13H2,1-3H3,(H,20,23)/t16-/m0/s1. The zero-order chi connectivity index (χ0) is 18.2. The van der Waals surface area contributed by atoms with Gasteiger partial charge in [0, 0.05) is 19.4 Å². The quantitative estimate of drug-likeness (QED) is 0.698. The van der Waals surface area contributed by atoms with Crippen molar-refractivity contribution >= 4 is 23.0 Å². The number of ketones is 1. The van der Waals surface area contributed by atoms with Crippen LogP contribution in [0.1, 0.15) is 34.1 Å². The molecule has 0 aliphatic rings. The lowest BCUT2D eigenvalue weighted by molar-refractivity contribution is -0.121. The molecule has 134 valence electrons. The lowest BCUT2D eigenvalue weighted by atomic mass is 10.1. The summed E-state index contributed by atoms with van der Waals surface area (Å²) in [7, 11) is 5.58. The van der Waals surface area contributed by atoms with Crippen LogP contribution >= 0.6 is 11.3 Å². The minimum absolute atomic E-state index is 0.0180. The number of hydrogen-bond acceptors (Lipinski definition) is 5. The number of carbonyl (C=O) groups excluding carboxylic acids is 2. The summed E-state index contributed by atoms with van der Waals surface area (Å²) in [6.45, 7) is 0.491. The third kappa shape index (κ3) is 5.69. The number of thiophene rings is 1. The first-order valence-corrected chi connectivity index (χ1v) is 9.03. The maximum absolute atomic E-state index is 12.1. The van der Waals surface area contributed by atoms with Crippen molar-refractivity contribution in [3.8, 4) is 5.75 Å². The Kier molecular flexibility index (Phi) is 7.16. The summed E-state index contributed by atoms with van der Waals surface area (Å²) in [5, 5.41) is 4.80. The SMILES string of the molecule is COc1ccc([C@H](CNC(=O)CCC(=O)c2cccs2)N(C)C)cc1. The zero-order valence-electron chi connectivity index (χ0n) is 14.8. The Morgan fingerprint density at radius 3 is 2.44 bits per heavy atom. The highest BCUT2D eigenvalue weighted by Crippen LogP contribution is 2.20. The zero-order valence-corrected chi connectivity index (χ0v) is 15.6. The Morgan fingerprint density at radius 1 is 1.16 bits per heavy atom. The lowest BCUT2D eigenvalue weighted by Gasteiger charge is -2.25. The molecule has 1 aromatic heterocycles. The van der Waals surface area contributed by atoms with Crippen molar-refractivity contribution in [2.45, 2.75) is 18.9 Å². The van der Waals surface area contributed by atoms with Gasteiger partial charge in [0.05, 0.1) is 18.0 Å². The fourth-order valence-corrected chi connectivity index (χ4v) is 3.21. The number of Topliss-reactive ketones (excluding diaryl/α,β-unsaturated/α-hetero) is 1. The summed E-state index contributed by atoms with van der Waals surface area (Å²) < 4.78 is 5.18. The van der Waals surface area contributed by atoms with Crippen molar-refractivity contribution in [1.29, 1.82) is 0 Å². The van der Waals surface area contributed by atoms with Crippen molar-refractivity contribution in [3.63, 3.8) is 0 Å². The van der Waals surface area contributed by atoms with Crippen LogP contribution in [-0.4, -0.2) is 44.3 Å². The fraction of sp³-hybridized carbons (Fsp3) is 0.368. The summed E-state index contributed by atoms with van der Waals surface area (Å²) in [5.74, 6) is 0.715. The Labute approximate surface area is 152 Å². The molecule has 0 bridgehead atoms. The second-order valence-electron chi connectivity index (χ2n) is 5.96. The average molecular weight is 360 g/mol. The van der Waals surface area contributed by atoms with Gasteiger partial charge in [0.25, 0.3) is 0 Å². The van der Waals surface area contributed by atoms with E-state index in [1.54, 1.807) is 13.2 Å². The Hall–Kier alpha value is -2.18. The fourth-order valence-electron chi connectivity index (χ4n) is 2.51. The van der Waals surface area contributed by atoms with Crippen LogP contribution in [-0.2, 0) is 4.79 Å². The third-order valence-electron chi connectivity index (χ3n) is 3.99. The molecule has 1 atom stereocenters. The molecule has 25 heavy (non-hydrogen) atoms. The normalized spacial score (nSPS) is 12.0. The highest BCUT2D eigenvalue weighted by Gasteiger charge is 2.16. The minimum Gasteiger partial charge on any atom is -0.497 e. The molecule has 1 amide bonds. The monoisotopic (exact) mass is 360 g/mol. The molecule has 1 N–H and O–H groups in total. The molecular weight excluding hydrogens is 336 g/mol. The second-order valence-corrected chi connectivity index (χ2v) is 6.90. The van der Waals surface area contributed by atoms with Gasteiger partial charge in [0.15, 0.2) is 5.78 Å². The van der Waals surface area contributed by atoms with Gasteiger partial charge in [0.1, 0.15) is 5.75 Å². The maximum Gasteiger partial charge on any atom is 0.220 e. The van der Waals surface area contributed by atoms with Gasteiger partial charge in [-0.05, 0) is 43.2 Å². The van der Waals surface area contributed by atoms with Crippen LogP contribution in [0.15, 0.2) is 41.8 Å². The molecule has 0 fully saturated rings. The first kappa shape index (κ1) is 19.1. The van der Waals surface area contributed by atoms with Crippen molar-refractivity contribution in [1.82, 2.24) is 10.2 Å². The number of amides is 1. The molecule has 0 spiro atoms. The number of rotatable bonds is 9. The number of nitrogens with zero attached hydrogens (tertiary/aromatic N) is 1. The van der Waals surface area contributed by atoms with Crippen LogP contribution in [0.4, 0.5) is 0 Å². The molecule has 1 heterocycles. The highest BCUT2D eigenvalue weighted by atomic mass is 32.1. The summed E-state index contributed by atoms with van der Waals surface area (Å²) in [6.07, 6.45) is 0.445. The number of benzene rings is 1. The molecule has 0 radical (unpaired) electrons. The van der Waals surface area contributed by atoms with Gasteiger partial charge in [-0.1, -0.05) is 18.2 Å². The van der Waals surface area contributed by atoms with E-state index in [2.05, 4.69) is 10.2 Å². The van der Waals surface area contributed by atoms with Crippen LogP contribution in [0, 0.1) is 0 Å². The molecule has 5 nitrogen and oxygen atoms in total. The minimum atomic E-state index is -0.106. The molecule has 2 rings (SSSR count). The number of likely N-dealkylation sites (N-methyl/N-ethyl adjacent to an activating group) is 1. The predicted molar refractivity (Wildman–Crippen MR) is 100 cm³/mol. The molecule has 0 saturated heterocycles. The van der Waals surface area contributed by atoms with E-state index < -0.39 is 0 Å². The molecule has 2 aromatic rings. The molecule has 0 aliphatic carbocycles. The van der Waals surface area contributed by atoms with Gasteiger partial charge in [0.2, 0.25) is 5.91 Å². The molecule has 1 aromatic carbocycles. The van der Waals surface area contributed by atoms with Gasteiger partial charge in [-0.2, -0.15) is 0 Å². The Bertz CT molecular complexity index is 681. The Balaban J connectivity index is 1.85. The topological polar surface area (TPSA) is 58.6 Å². The summed E-state index contributed by atoms with van der Waals surface area (Å²) in [5.41, 5.74) is 1.10. The molecule has 0 saturated carbocycles. The number of ether oxygens (including phenoxy) is 1. The smallest absolute Gasteiger partial charge is 0.220 e.